The maximum Gasteiger partial charge on any atom is 0.256 e. The van der Waals surface area contributed by atoms with Crippen LogP contribution in [0.15, 0.2) is 24.3 Å². The number of ketones is 1. The maximum absolute atomic E-state index is 13.0. The van der Waals surface area contributed by atoms with Gasteiger partial charge in [0.25, 0.3) is 5.91 Å². The minimum Gasteiger partial charge on any atom is -0.327 e. The minimum atomic E-state index is -0.527. The zero-order valence-electron chi connectivity index (χ0n) is 13.8. The van der Waals surface area contributed by atoms with Crippen LogP contribution in [0.5, 0.6) is 0 Å². The number of amides is 2. The number of Topliss-reactive ketones (excluding diaryl/α,β-unsaturated/α-hetero) is 1. The van der Waals surface area contributed by atoms with Gasteiger partial charge >= 0.3 is 0 Å². The fraction of sp³-hybridized carbons (Fsp3) is 0.500. The van der Waals surface area contributed by atoms with Crippen molar-refractivity contribution in [3.63, 3.8) is 0 Å². The summed E-state index contributed by atoms with van der Waals surface area (Å²) < 4.78 is 0. The van der Waals surface area contributed by atoms with E-state index >= 15 is 0 Å². The molecule has 1 aromatic rings. The van der Waals surface area contributed by atoms with E-state index in [1.807, 2.05) is 20.8 Å². The van der Waals surface area contributed by atoms with Crippen LogP contribution < -0.4 is 4.90 Å². The van der Waals surface area contributed by atoms with Gasteiger partial charge in [-0.15, -0.1) is 0 Å². The minimum absolute atomic E-state index is 0.0109. The number of nitrogens with zero attached hydrogens (tertiary/aromatic N) is 2. The molecule has 0 aromatic heterocycles. The van der Waals surface area contributed by atoms with Gasteiger partial charge in [-0.2, -0.15) is 0 Å². The number of anilines is 1. The molecular formula is C18H22N2O3. The Morgan fingerprint density at radius 2 is 1.91 bits per heavy atom. The summed E-state index contributed by atoms with van der Waals surface area (Å²) in [6, 6.07) is 6.64. The monoisotopic (exact) mass is 314 g/mol. The number of hydrogen-bond acceptors (Lipinski definition) is 3. The summed E-state index contributed by atoms with van der Waals surface area (Å²) in [4.78, 5) is 41.4. The number of para-hydroxylation sites is 1. The lowest BCUT2D eigenvalue weighted by Gasteiger charge is -2.28. The SMILES string of the molecule is CC(C)(C)C(=O)CN1C(=O)C2CCCN2C(=O)c2ccccc21. The molecule has 0 aliphatic carbocycles. The van der Waals surface area contributed by atoms with E-state index < -0.39 is 11.5 Å². The Morgan fingerprint density at radius 1 is 1.22 bits per heavy atom. The third-order valence-electron chi connectivity index (χ3n) is 4.63. The first-order valence-electron chi connectivity index (χ1n) is 8.05. The van der Waals surface area contributed by atoms with Crippen molar-refractivity contribution in [3.8, 4) is 0 Å². The Balaban J connectivity index is 2.06. The molecule has 0 N–H and O–H groups in total. The lowest BCUT2D eigenvalue weighted by atomic mass is 9.90. The molecule has 2 heterocycles. The molecule has 1 saturated heterocycles. The van der Waals surface area contributed by atoms with E-state index in [4.69, 9.17) is 0 Å². The molecule has 3 rings (SSSR count). The summed E-state index contributed by atoms with van der Waals surface area (Å²) >= 11 is 0. The molecule has 1 atom stereocenters. The summed E-state index contributed by atoms with van der Waals surface area (Å²) in [6.07, 6.45) is 1.49. The standard InChI is InChI=1S/C18H22N2O3/c1-18(2,3)15(21)11-20-13-8-5-4-7-12(13)16(22)19-10-6-9-14(19)17(20)23/h4-5,7-8,14H,6,9-11H2,1-3H3. The van der Waals surface area contributed by atoms with E-state index in [0.29, 0.717) is 24.2 Å². The van der Waals surface area contributed by atoms with Gasteiger partial charge in [-0.25, -0.2) is 0 Å². The van der Waals surface area contributed by atoms with Crippen molar-refractivity contribution in [2.24, 2.45) is 5.41 Å². The molecule has 5 nitrogen and oxygen atoms in total. The normalized spacial score (nSPS) is 21.1. The Kier molecular flexibility index (Phi) is 3.74. The largest absolute Gasteiger partial charge is 0.327 e. The molecule has 2 aliphatic heterocycles. The van der Waals surface area contributed by atoms with Gasteiger partial charge in [0, 0.05) is 12.0 Å². The highest BCUT2D eigenvalue weighted by Crippen LogP contribution is 2.32. The van der Waals surface area contributed by atoms with Crippen LogP contribution in [0.3, 0.4) is 0 Å². The fourth-order valence-electron chi connectivity index (χ4n) is 3.15. The Labute approximate surface area is 136 Å². The molecule has 2 amide bonds. The van der Waals surface area contributed by atoms with Gasteiger partial charge in [-0.05, 0) is 25.0 Å². The maximum atomic E-state index is 13.0. The van der Waals surface area contributed by atoms with E-state index in [9.17, 15) is 14.4 Å². The van der Waals surface area contributed by atoms with Crippen LogP contribution in [0, 0.1) is 5.41 Å². The molecule has 2 aliphatic rings. The van der Waals surface area contributed by atoms with Crippen LogP contribution in [0.2, 0.25) is 0 Å². The predicted molar refractivity (Wildman–Crippen MR) is 87.3 cm³/mol. The molecule has 23 heavy (non-hydrogen) atoms. The molecular weight excluding hydrogens is 292 g/mol. The van der Waals surface area contributed by atoms with Crippen molar-refractivity contribution in [1.29, 1.82) is 0 Å². The highest BCUT2D eigenvalue weighted by molar-refractivity contribution is 6.13. The number of carbonyl (C=O) groups is 3. The summed E-state index contributed by atoms with van der Waals surface area (Å²) in [5.41, 5.74) is 0.530. The zero-order valence-corrected chi connectivity index (χ0v) is 13.8. The van der Waals surface area contributed by atoms with E-state index in [0.717, 1.165) is 6.42 Å². The van der Waals surface area contributed by atoms with Crippen LogP contribution in [-0.4, -0.2) is 41.6 Å². The number of rotatable bonds is 2. The first-order chi connectivity index (χ1) is 10.8. The third-order valence-corrected chi connectivity index (χ3v) is 4.63. The van der Waals surface area contributed by atoms with Gasteiger partial charge in [0.2, 0.25) is 5.91 Å². The summed E-state index contributed by atoms with van der Waals surface area (Å²) in [7, 11) is 0. The van der Waals surface area contributed by atoms with Crippen LogP contribution >= 0.6 is 0 Å². The highest BCUT2D eigenvalue weighted by Gasteiger charge is 2.42. The molecule has 1 unspecified atom stereocenters. The van der Waals surface area contributed by atoms with Gasteiger partial charge in [-0.3, -0.25) is 14.4 Å². The summed E-state index contributed by atoms with van der Waals surface area (Å²) in [6.45, 7) is 6.14. The van der Waals surface area contributed by atoms with E-state index in [-0.39, 0.29) is 24.1 Å². The molecule has 5 heteroatoms. The Hall–Kier alpha value is -2.17. The number of fused-ring (bicyclic) bond motifs is 2. The van der Waals surface area contributed by atoms with Crippen molar-refractivity contribution < 1.29 is 14.4 Å². The average Bonchev–Trinajstić information content (AvgIpc) is 2.97. The Bertz CT molecular complexity index is 675. The summed E-state index contributed by atoms with van der Waals surface area (Å²) in [5.74, 6) is -0.264. The van der Waals surface area contributed by atoms with Crippen LogP contribution in [-0.2, 0) is 9.59 Å². The average molecular weight is 314 g/mol. The molecule has 0 spiro atoms. The highest BCUT2D eigenvalue weighted by atomic mass is 16.2. The van der Waals surface area contributed by atoms with Gasteiger partial charge < -0.3 is 9.80 Å². The van der Waals surface area contributed by atoms with Crippen molar-refractivity contribution in [3.05, 3.63) is 29.8 Å². The first kappa shape index (κ1) is 15.7. The Morgan fingerprint density at radius 3 is 2.61 bits per heavy atom. The second-order valence-electron chi connectivity index (χ2n) is 7.27. The fourth-order valence-corrected chi connectivity index (χ4v) is 3.15. The molecule has 122 valence electrons. The van der Waals surface area contributed by atoms with E-state index in [1.54, 1.807) is 29.2 Å². The predicted octanol–water partition coefficient (Wildman–Crippen LogP) is 2.25. The number of benzene rings is 1. The lowest BCUT2D eigenvalue weighted by molar-refractivity contribution is -0.128. The second kappa shape index (κ2) is 5.48. The zero-order chi connectivity index (χ0) is 16.8. The van der Waals surface area contributed by atoms with Crippen LogP contribution in [0.1, 0.15) is 44.0 Å². The van der Waals surface area contributed by atoms with Crippen molar-refractivity contribution in [1.82, 2.24) is 4.90 Å². The van der Waals surface area contributed by atoms with Crippen molar-refractivity contribution >= 4 is 23.3 Å². The van der Waals surface area contributed by atoms with Gasteiger partial charge in [0.1, 0.15) is 6.04 Å². The van der Waals surface area contributed by atoms with E-state index in [1.165, 1.54) is 4.90 Å². The molecule has 0 saturated carbocycles. The van der Waals surface area contributed by atoms with Crippen LogP contribution in [0.25, 0.3) is 0 Å². The van der Waals surface area contributed by atoms with Crippen molar-refractivity contribution in [2.75, 3.05) is 18.0 Å². The first-order valence-corrected chi connectivity index (χ1v) is 8.05. The quantitative estimate of drug-likeness (QED) is 0.841. The smallest absolute Gasteiger partial charge is 0.256 e. The lowest BCUT2D eigenvalue weighted by Crippen LogP contribution is -2.47. The molecule has 1 fully saturated rings. The topological polar surface area (TPSA) is 57.7 Å². The van der Waals surface area contributed by atoms with Crippen molar-refractivity contribution in [2.45, 2.75) is 39.7 Å². The molecule has 0 radical (unpaired) electrons. The third kappa shape index (κ3) is 2.64. The number of carbonyl (C=O) groups excluding carboxylic acids is 3. The van der Waals surface area contributed by atoms with Gasteiger partial charge in [0.15, 0.2) is 5.78 Å². The van der Waals surface area contributed by atoms with Gasteiger partial charge in [-0.1, -0.05) is 32.9 Å². The second-order valence-corrected chi connectivity index (χ2v) is 7.27. The number of hydrogen-bond donors (Lipinski definition) is 0. The van der Waals surface area contributed by atoms with Gasteiger partial charge in [0.05, 0.1) is 17.8 Å². The molecule has 0 bridgehead atoms. The van der Waals surface area contributed by atoms with E-state index in [2.05, 4.69) is 0 Å². The molecule has 1 aromatic carbocycles. The summed E-state index contributed by atoms with van der Waals surface area (Å²) in [5, 5.41) is 0. The van der Waals surface area contributed by atoms with Crippen LogP contribution in [0.4, 0.5) is 5.69 Å².